The van der Waals surface area contributed by atoms with Crippen LogP contribution in [0.5, 0.6) is 11.5 Å². The molecule has 0 bridgehead atoms. The Morgan fingerprint density at radius 1 is 1.08 bits per heavy atom. The second-order valence-corrected chi connectivity index (χ2v) is 5.72. The number of amides is 1. The van der Waals surface area contributed by atoms with Crippen molar-refractivity contribution in [2.75, 3.05) is 33.1 Å². The van der Waals surface area contributed by atoms with Crippen molar-refractivity contribution in [2.24, 2.45) is 0 Å². The third-order valence-corrected chi connectivity index (χ3v) is 3.78. The van der Waals surface area contributed by atoms with E-state index in [0.29, 0.717) is 23.7 Å². The summed E-state index contributed by atoms with van der Waals surface area (Å²) < 4.78 is 10.4. The molecule has 0 aromatic heterocycles. The van der Waals surface area contributed by atoms with Crippen LogP contribution in [0.2, 0.25) is 0 Å². The Labute approximate surface area is 143 Å². The third kappa shape index (κ3) is 4.73. The number of aryl methyl sites for hydroxylation is 1. The van der Waals surface area contributed by atoms with E-state index in [9.17, 15) is 4.79 Å². The monoisotopic (exact) mass is 328 g/mol. The summed E-state index contributed by atoms with van der Waals surface area (Å²) in [6.45, 7) is 3.11. The highest BCUT2D eigenvalue weighted by Crippen LogP contribution is 2.29. The molecule has 1 amide bonds. The summed E-state index contributed by atoms with van der Waals surface area (Å²) in [7, 11) is 5.08. The van der Waals surface area contributed by atoms with Gasteiger partial charge in [0.1, 0.15) is 0 Å². The number of benzene rings is 2. The van der Waals surface area contributed by atoms with E-state index in [1.807, 2.05) is 24.1 Å². The van der Waals surface area contributed by atoms with Crippen LogP contribution in [0.3, 0.4) is 0 Å². The number of methoxy groups -OCH3 is 2. The van der Waals surface area contributed by atoms with E-state index in [0.717, 1.165) is 6.54 Å². The molecule has 0 saturated carbocycles. The Morgan fingerprint density at radius 3 is 2.46 bits per heavy atom. The van der Waals surface area contributed by atoms with Gasteiger partial charge in [-0.15, -0.1) is 0 Å². The number of hydrogen-bond donors (Lipinski definition) is 1. The van der Waals surface area contributed by atoms with Gasteiger partial charge >= 0.3 is 0 Å². The van der Waals surface area contributed by atoms with Crippen LogP contribution in [0.15, 0.2) is 42.5 Å². The van der Waals surface area contributed by atoms with Crippen molar-refractivity contribution in [3.05, 3.63) is 53.6 Å². The highest BCUT2D eigenvalue weighted by molar-refractivity contribution is 5.92. The molecule has 0 aliphatic carbocycles. The lowest BCUT2D eigenvalue weighted by atomic mass is 10.1. The summed E-state index contributed by atoms with van der Waals surface area (Å²) in [6, 6.07) is 13.5. The highest BCUT2D eigenvalue weighted by Gasteiger charge is 2.10. The van der Waals surface area contributed by atoms with Gasteiger partial charge in [0.05, 0.1) is 20.8 Å². The van der Waals surface area contributed by atoms with Gasteiger partial charge in [0, 0.05) is 18.3 Å². The first-order valence-corrected chi connectivity index (χ1v) is 7.78. The summed E-state index contributed by atoms with van der Waals surface area (Å²) in [5.41, 5.74) is 3.13. The predicted molar refractivity (Wildman–Crippen MR) is 95.7 cm³/mol. The van der Waals surface area contributed by atoms with Crippen LogP contribution in [0, 0.1) is 6.92 Å². The maximum atomic E-state index is 12.2. The molecule has 0 fully saturated rings. The third-order valence-electron chi connectivity index (χ3n) is 3.78. The maximum Gasteiger partial charge on any atom is 0.238 e. The van der Waals surface area contributed by atoms with Gasteiger partial charge in [-0.3, -0.25) is 9.69 Å². The Morgan fingerprint density at radius 2 is 1.79 bits per heavy atom. The molecule has 0 aliphatic rings. The van der Waals surface area contributed by atoms with Gasteiger partial charge in [-0.1, -0.05) is 24.3 Å². The molecule has 0 atom stereocenters. The van der Waals surface area contributed by atoms with E-state index in [1.54, 1.807) is 32.4 Å². The lowest BCUT2D eigenvalue weighted by Crippen LogP contribution is -2.30. The van der Waals surface area contributed by atoms with Crippen molar-refractivity contribution < 1.29 is 14.3 Å². The summed E-state index contributed by atoms with van der Waals surface area (Å²) >= 11 is 0. The number of nitrogens with zero attached hydrogens (tertiary/aromatic N) is 1. The fourth-order valence-electron chi connectivity index (χ4n) is 2.49. The van der Waals surface area contributed by atoms with Gasteiger partial charge in [-0.2, -0.15) is 0 Å². The second-order valence-electron chi connectivity index (χ2n) is 5.72. The lowest BCUT2D eigenvalue weighted by Gasteiger charge is -2.18. The molecule has 0 unspecified atom stereocenters. The lowest BCUT2D eigenvalue weighted by molar-refractivity contribution is -0.117. The molecule has 2 rings (SSSR count). The van der Waals surface area contributed by atoms with Crippen molar-refractivity contribution >= 4 is 11.6 Å². The van der Waals surface area contributed by atoms with Gasteiger partial charge in [-0.25, -0.2) is 0 Å². The summed E-state index contributed by atoms with van der Waals surface area (Å²) in [5.74, 6) is 1.15. The fourth-order valence-corrected chi connectivity index (χ4v) is 2.49. The molecule has 0 spiro atoms. The van der Waals surface area contributed by atoms with Crippen LogP contribution < -0.4 is 14.8 Å². The molecule has 24 heavy (non-hydrogen) atoms. The number of ether oxygens (including phenoxy) is 2. The Balaban J connectivity index is 1.94. The predicted octanol–water partition coefficient (Wildman–Crippen LogP) is 3.08. The first kappa shape index (κ1) is 17.8. The minimum absolute atomic E-state index is 0.0710. The second kappa shape index (κ2) is 8.36. The quantitative estimate of drug-likeness (QED) is 0.848. The topological polar surface area (TPSA) is 50.8 Å². The van der Waals surface area contributed by atoms with Crippen molar-refractivity contribution in [1.82, 2.24) is 4.90 Å². The zero-order valence-corrected chi connectivity index (χ0v) is 14.6. The van der Waals surface area contributed by atoms with Gasteiger partial charge < -0.3 is 14.8 Å². The van der Waals surface area contributed by atoms with Crippen molar-refractivity contribution in [3.8, 4) is 11.5 Å². The zero-order chi connectivity index (χ0) is 17.5. The van der Waals surface area contributed by atoms with Gasteiger partial charge in [0.15, 0.2) is 11.5 Å². The minimum Gasteiger partial charge on any atom is -0.493 e. The largest absolute Gasteiger partial charge is 0.493 e. The van der Waals surface area contributed by atoms with Crippen molar-refractivity contribution in [1.29, 1.82) is 0 Å². The Bertz CT molecular complexity index is 701. The molecule has 5 heteroatoms. The molecule has 2 aromatic carbocycles. The summed E-state index contributed by atoms with van der Waals surface area (Å²) in [4.78, 5) is 14.2. The number of anilines is 1. The van der Waals surface area contributed by atoms with E-state index >= 15 is 0 Å². The first-order chi connectivity index (χ1) is 11.5. The number of carbonyl (C=O) groups excluding carboxylic acids is 1. The summed E-state index contributed by atoms with van der Waals surface area (Å²) in [6.07, 6.45) is 0. The Kier molecular flexibility index (Phi) is 6.21. The number of hydrogen-bond acceptors (Lipinski definition) is 4. The molecule has 1 N–H and O–H groups in total. The smallest absolute Gasteiger partial charge is 0.238 e. The molecule has 5 nitrogen and oxygen atoms in total. The molecule has 2 aromatic rings. The maximum absolute atomic E-state index is 12.2. The van der Waals surface area contributed by atoms with Crippen LogP contribution in [0.4, 0.5) is 5.69 Å². The Hall–Kier alpha value is -2.53. The van der Waals surface area contributed by atoms with Crippen LogP contribution in [0.25, 0.3) is 0 Å². The van der Waals surface area contributed by atoms with Gasteiger partial charge in [-0.05, 0) is 37.2 Å². The molecule has 0 heterocycles. The molecule has 0 aliphatic heterocycles. The van der Waals surface area contributed by atoms with Crippen LogP contribution >= 0.6 is 0 Å². The summed E-state index contributed by atoms with van der Waals surface area (Å²) in [5, 5.41) is 2.88. The van der Waals surface area contributed by atoms with Crippen molar-refractivity contribution in [3.63, 3.8) is 0 Å². The van der Waals surface area contributed by atoms with E-state index < -0.39 is 0 Å². The number of rotatable bonds is 7. The van der Waals surface area contributed by atoms with E-state index in [2.05, 4.69) is 24.4 Å². The molecular formula is C19H24N2O3. The number of carbonyl (C=O) groups is 1. The van der Waals surface area contributed by atoms with E-state index in [-0.39, 0.29) is 5.91 Å². The number of nitrogens with one attached hydrogen (secondary N) is 1. The normalized spacial score (nSPS) is 10.5. The van der Waals surface area contributed by atoms with E-state index in [4.69, 9.17) is 9.47 Å². The van der Waals surface area contributed by atoms with Crippen LogP contribution in [-0.4, -0.2) is 38.6 Å². The minimum atomic E-state index is -0.0710. The van der Waals surface area contributed by atoms with Gasteiger partial charge in [0.25, 0.3) is 0 Å². The fraction of sp³-hybridized carbons (Fsp3) is 0.316. The zero-order valence-electron chi connectivity index (χ0n) is 14.6. The van der Waals surface area contributed by atoms with Crippen molar-refractivity contribution in [2.45, 2.75) is 13.5 Å². The average Bonchev–Trinajstić information content (AvgIpc) is 2.56. The molecular weight excluding hydrogens is 304 g/mol. The van der Waals surface area contributed by atoms with Gasteiger partial charge in [0.2, 0.25) is 5.91 Å². The molecule has 128 valence electrons. The molecule has 0 saturated heterocycles. The van der Waals surface area contributed by atoms with Crippen LogP contribution in [0.1, 0.15) is 11.1 Å². The highest BCUT2D eigenvalue weighted by atomic mass is 16.5. The SMILES string of the molecule is COc1ccc(NC(=O)CN(C)Cc2ccccc2C)cc1OC. The number of likely N-dealkylation sites (N-methyl/N-ethyl adjacent to an activating group) is 1. The van der Waals surface area contributed by atoms with E-state index in [1.165, 1.54) is 11.1 Å². The first-order valence-electron chi connectivity index (χ1n) is 7.78. The van der Waals surface area contributed by atoms with Crippen LogP contribution in [-0.2, 0) is 11.3 Å². The average molecular weight is 328 g/mol. The molecule has 0 radical (unpaired) electrons. The standard InChI is InChI=1S/C19H24N2O3/c1-14-7-5-6-8-15(14)12-21(2)13-19(22)20-16-9-10-17(23-3)18(11-16)24-4/h5-11H,12-13H2,1-4H3,(H,20,22).